The minimum absolute atomic E-state index is 0.155. The summed E-state index contributed by atoms with van der Waals surface area (Å²) in [7, 11) is -0.656. The van der Waals surface area contributed by atoms with Gasteiger partial charge in [-0.25, -0.2) is 8.42 Å². The van der Waals surface area contributed by atoms with E-state index in [2.05, 4.69) is 12.1 Å². The van der Waals surface area contributed by atoms with Gasteiger partial charge in [0.25, 0.3) is 0 Å². The fourth-order valence-electron chi connectivity index (χ4n) is 3.05. The van der Waals surface area contributed by atoms with Crippen molar-refractivity contribution in [2.24, 2.45) is 0 Å². The number of sulfonamides is 1. The Labute approximate surface area is 159 Å². The largest absolute Gasteiger partial charge is 0.497 e. The third-order valence-electron chi connectivity index (χ3n) is 4.46. The van der Waals surface area contributed by atoms with E-state index in [0.717, 1.165) is 12.2 Å². The Kier molecular flexibility index (Phi) is 6.11. The van der Waals surface area contributed by atoms with Crippen LogP contribution in [-0.2, 0) is 10.0 Å². The lowest BCUT2D eigenvalue weighted by atomic mass is 10.1. The SMILES string of the molecule is COc1ccc(OC)c(S(=O)(=O)N2CCSC(c3ccccc3)CC2)c1. The molecule has 5 nitrogen and oxygen atoms in total. The molecule has 0 amide bonds. The maximum atomic E-state index is 13.2. The van der Waals surface area contributed by atoms with Crippen LogP contribution in [0.3, 0.4) is 0 Å². The van der Waals surface area contributed by atoms with E-state index in [0.29, 0.717) is 29.8 Å². The molecular formula is C19H23NO4S2. The minimum Gasteiger partial charge on any atom is -0.497 e. The molecule has 1 saturated heterocycles. The van der Waals surface area contributed by atoms with Crippen LogP contribution in [-0.4, -0.2) is 45.8 Å². The number of methoxy groups -OCH3 is 2. The van der Waals surface area contributed by atoms with E-state index in [-0.39, 0.29) is 4.90 Å². The van der Waals surface area contributed by atoms with Crippen LogP contribution in [0.1, 0.15) is 17.2 Å². The molecule has 2 aromatic rings. The predicted molar refractivity (Wildman–Crippen MR) is 105 cm³/mol. The molecule has 0 radical (unpaired) electrons. The molecule has 1 heterocycles. The first-order valence-corrected chi connectivity index (χ1v) is 10.9. The number of thioether (sulfide) groups is 1. The van der Waals surface area contributed by atoms with Crippen molar-refractivity contribution in [1.82, 2.24) is 4.31 Å². The minimum atomic E-state index is -3.65. The predicted octanol–water partition coefficient (Wildman–Crippen LogP) is 3.57. The Bertz CT molecular complexity index is 840. The van der Waals surface area contributed by atoms with Gasteiger partial charge in [-0.05, 0) is 24.1 Å². The van der Waals surface area contributed by atoms with Crippen molar-refractivity contribution in [3.63, 3.8) is 0 Å². The van der Waals surface area contributed by atoms with Gasteiger partial charge in [-0.3, -0.25) is 0 Å². The Morgan fingerprint density at radius 2 is 1.81 bits per heavy atom. The average molecular weight is 394 g/mol. The molecule has 0 aromatic heterocycles. The summed E-state index contributed by atoms with van der Waals surface area (Å²) >= 11 is 1.81. The first-order chi connectivity index (χ1) is 12.6. The van der Waals surface area contributed by atoms with Crippen molar-refractivity contribution in [1.29, 1.82) is 0 Å². The standard InChI is InChI=1S/C19H23NO4S2/c1-23-16-8-9-17(24-2)19(14-16)26(21,22)20-11-10-18(25-13-12-20)15-6-4-3-5-7-15/h3-9,14,18H,10-13H2,1-2H3. The summed E-state index contributed by atoms with van der Waals surface area (Å²) in [6, 6.07) is 15.1. The Hall–Kier alpha value is -1.70. The molecule has 3 rings (SSSR count). The van der Waals surface area contributed by atoms with Crippen molar-refractivity contribution < 1.29 is 17.9 Å². The van der Waals surface area contributed by atoms with E-state index in [9.17, 15) is 8.42 Å². The summed E-state index contributed by atoms with van der Waals surface area (Å²) in [5, 5.41) is 0.309. The summed E-state index contributed by atoms with van der Waals surface area (Å²) in [4.78, 5) is 0.155. The molecule has 1 fully saturated rings. The number of rotatable bonds is 5. The van der Waals surface area contributed by atoms with E-state index in [1.165, 1.54) is 25.8 Å². The monoisotopic (exact) mass is 393 g/mol. The van der Waals surface area contributed by atoms with Gasteiger partial charge in [0.15, 0.2) is 0 Å². The molecule has 1 atom stereocenters. The number of ether oxygens (including phenoxy) is 2. The molecule has 140 valence electrons. The summed E-state index contributed by atoms with van der Waals surface area (Å²) < 4.78 is 38.5. The number of benzene rings is 2. The number of nitrogens with zero attached hydrogens (tertiary/aromatic N) is 1. The number of hydrogen-bond acceptors (Lipinski definition) is 5. The van der Waals surface area contributed by atoms with Crippen molar-refractivity contribution in [2.75, 3.05) is 33.1 Å². The van der Waals surface area contributed by atoms with E-state index < -0.39 is 10.0 Å². The number of hydrogen-bond donors (Lipinski definition) is 0. The third-order valence-corrected chi connectivity index (χ3v) is 7.71. The molecule has 0 bridgehead atoms. The highest BCUT2D eigenvalue weighted by molar-refractivity contribution is 7.99. The van der Waals surface area contributed by atoms with Gasteiger partial charge < -0.3 is 9.47 Å². The van der Waals surface area contributed by atoms with Gasteiger partial charge in [0.1, 0.15) is 16.4 Å². The van der Waals surface area contributed by atoms with Gasteiger partial charge in [0.05, 0.1) is 14.2 Å². The van der Waals surface area contributed by atoms with Gasteiger partial charge >= 0.3 is 0 Å². The summed E-state index contributed by atoms with van der Waals surface area (Å²) in [6.45, 7) is 0.964. The van der Waals surface area contributed by atoms with Crippen LogP contribution in [0.4, 0.5) is 0 Å². The highest BCUT2D eigenvalue weighted by atomic mass is 32.2. The molecule has 0 N–H and O–H groups in total. The van der Waals surface area contributed by atoms with Gasteiger partial charge in [0, 0.05) is 30.2 Å². The zero-order valence-corrected chi connectivity index (χ0v) is 16.6. The fourth-order valence-corrected chi connectivity index (χ4v) is 6.02. The molecule has 1 aliphatic heterocycles. The smallest absolute Gasteiger partial charge is 0.246 e. The van der Waals surface area contributed by atoms with Crippen molar-refractivity contribution in [3.05, 3.63) is 54.1 Å². The van der Waals surface area contributed by atoms with Crippen LogP contribution in [0.15, 0.2) is 53.4 Å². The van der Waals surface area contributed by atoms with Crippen molar-refractivity contribution >= 4 is 21.8 Å². The molecule has 0 spiro atoms. The second-order valence-corrected chi connectivity index (χ2v) is 9.20. The summed E-state index contributed by atoms with van der Waals surface area (Å²) in [5.41, 5.74) is 1.25. The van der Waals surface area contributed by atoms with Gasteiger partial charge in [-0.1, -0.05) is 30.3 Å². The first kappa shape index (κ1) is 19.1. The second-order valence-electron chi connectivity index (χ2n) is 5.98. The maximum absolute atomic E-state index is 13.2. The molecular weight excluding hydrogens is 370 g/mol. The van der Waals surface area contributed by atoms with Crippen LogP contribution in [0.25, 0.3) is 0 Å². The zero-order chi connectivity index (χ0) is 18.6. The normalized spacial score (nSPS) is 18.9. The molecule has 0 saturated carbocycles. The van der Waals surface area contributed by atoms with Crippen LogP contribution < -0.4 is 9.47 Å². The van der Waals surface area contributed by atoms with Gasteiger partial charge in [-0.15, -0.1) is 0 Å². The molecule has 26 heavy (non-hydrogen) atoms. The van der Waals surface area contributed by atoms with Crippen molar-refractivity contribution in [2.45, 2.75) is 16.6 Å². The third kappa shape index (κ3) is 4.00. The van der Waals surface area contributed by atoms with Gasteiger partial charge in [0.2, 0.25) is 10.0 Å². The van der Waals surface area contributed by atoms with Crippen LogP contribution >= 0.6 is 11.8 Å². The molecule has 0 aliphatic carbocycles. The first-order valence-electron chi connectivity index (χ1n) is 8.45. The Morgan fingerprint density at radius 3 is 2.50 bits per heavy atom. The fraction of sp³-hybridized carbons (Fsp3) is 0.368. The lowest BCUT2D eigenvalue weighted by molar-refractivity contribution is 0.384. The summed E-state index contributed by atoms with van der Waals surface area (Å²) in [6.07, 6.45) is 0.778. The molecule has 7 heteroatoms. The lowest BCUT2D eigenvalue weighted by Crippen LogP contribution is -2.33. The second kappa shape index (κ2) is 8.33. The molecule has 1 unspecified atom stereocenters. The Balaban J connectivity index is 1.84. The van der Waals surface area contributed by atoms with E-state index in [4.69, 9.17) is 9.47 Å². The highest BCUT2D eigenvalue weighted by Gasteiger charge is 2.31. The zero-order valence-electron chi connectivity index (χ0n) is 14.9. The highest BCUT2D eigenvalue weighted by Crippen LogP contribution is 2.37. The molecule has 1 aliphatic rings. The maximum Gasteiger partial charge on any atom is 0.246 e. The van der Waals surface area contributed by atoms with Crippen LogP contribution in [0.2, 0.25) is 0 Å². The summed E-state index contributed by atoms with van der Waals surface area (Å²) in [5.74, 6) is 1.59. The lowest BCUT2D eigenvalue weighted by Gasteiger charge is -2.21. The van der Waals surface area contributed by atoms with E-state index in [1.54, 1.807) is 16.4 Å². The molecule has 2 aromatic carbocycles. The Morgan fingerprint density at radius 1 is 1.04 bits per heavy atom. The average Bonchev–Trinajstić information content (AvgIpc) is 2.95. The quantitative estimate of drug-likeness (QED) is 0.777. The van der Waals surface area contributed by atoms with Gasteiger partial charge in [-0.2, -0.15) is 16.1 Å². The van der Waals surface area contributed by atoms with Crippen LogP contribution in [0, 0.1) is 0 Å². The van der Waals surface area contributed by atoms with Crippen LogP contribution in [0.5, 0.6) is 11.5 Å². The van der Waals surface area contributed by atoms with E-state index in [1.807, 2.05) is 30.0 Å². The van der Waals surface area contributed by atoms with Crippen molar-refractivity contribution in [3.8, 4) is 11.5 Å². The van der Waals surface area contributed by atoms with E-state index >= 15 is 0 Å². The topological polar surface area (TPSA) is 55.8 Å².